The van der Waals surface area contributed by atoms with E-state index in [2.05, 4.69) is 4.98 Å². The number of methoxy groups -OCH3 is 1. The van der Waals surface area contributed by atoms with Crippen molar-refractivity contribution in [1.29, 1.82) is 0 Å². The van der Waals surface area contributed by atoms with E-state index < -0.39 is 5.97 Å². The van der Waals surface area contributed by atoms with Crippen molar-refractivity contribution in [2.75, 3.05) is 13.7 Å². The lowest BCUT2D eigenvalue weighted by molar-refractivity contribution is -0.139. The Morgan fingerprint density at radius 2 is 2.11 bits per heavy atom. The van der Waals surface area contributed by atoms with Crippen molar-refractivity contribution >= 4 is 23.2 Å². The van der Waals surface area contributed by atoms with E-state index in [9.17, 15) is 14.0 Å². The average Bonchev–Trinajstić information content (AvgIpc) is 3.23. The molecule has 0 aliphatic carbocycles. The number of amides is 1. The summed E-state index contributed by atoms with van der Waals surface area (Å²) in [6.45, 7) is 0.403. The quantitative estimate of drug-likeness (QED) is 0.783. The van der Waals surface area contributed by atoms with Crippen LogP contribution < -0.4 is 0 Å². The molecule has 1 aromatic heterocycles. The topological polar surface area (TPSA) is 79.7 Å². The van der Waals surface area contributed by atoms with E-state index in [1.165, 1.54) is 23.5 Å². The van der Waals surface area contributed by atoms with Crippen molar-refractivity contribution in [3.05, 3.63) is 51.7 Å². The zero-order valence-corrected chi connectivity index (χ0v) is 15.7. The summed E-state index contributed by atoms with van der Waals surface area (Å²) < 4.78 is 18.3. The van der Waals surface area contributed by atoms with Crippen LogP contribution in [0.1, 0.15) is 29.1 Å². The smallest absolute Gasteiger partial charge is 0.305 e. The highest BCUT2D eigenvalue weighted by Crippen LogP contribution is 2.24. The van der Waals surface area contributed by atoms with Crippen molar-refractivity contribution in [2.45, 2.75) is 37.8 Å². The van der Waals surface area contributed by atoms with Gasteiger partial charge in [0, 0.05) is 31.5 Å². The summed E-state index contributed by atoms with van der Waals surface area (Å²) in [7, 11) is 1.57. The molecule has 1 amide bonds. The summed E-state index contributed by atoms with van der Waals surface area (Å²) in [4.78, 5) is 29.8. The standard InChI is InChI=1S/C19H21FN2O4S/c1-26-16-8-15(9-19(24)25)22(10-16)18(23)7-14-11-27-17(21-14)6-12-2-4-13(20)5-3-12/h2-5,11,15-16H,6-10H2,1H3,(H,24,25). The predicted octanol–water partition coefficient (Wildman–Crippen LogP) is 2.51. The molecule has 0 spiro atoms. The molecule has 1 saturated heterocycles. The minimum Gasteiger partial charge on any atom is -0.481 e. The van der Waals surface area contributed by atoms with Crippen LogP contribution in [0.15, 0.2) is 29.6 Å². The van der Waals surface area contributed by atoms with Crippen LogP contribution in [0, 0.1) is 5.82 Å². The second-order valence-corrected chi connectivity index (χ2v) is 7.55. The van der Waals surface area contributed by atoms with Crippen LogP contribution in [0.3, 0.4) is 0 Å². The maximum absolute atomic E-state index is 13.0. The number of rotatable bonds is 7. The first-order valence-electron chi connectivity index (χ1n) is 8.66. The van der Waals surface area contributed by atoms with Crippen LogP contribution in [0.4, 0.5) is 4.39 Å². The molecule has 1 fully saturated rings. The highest BCUT2D eigenvalue weighted by atomic mass is 32.1. The van der Waals surface area contributed by atoms with E-state index in [1.807, 2.05) is 5.38 Å². The SMILES string of the molecule is COC1CC(CC(=O)O)N(C(=O)Cc2csc(Cc3ccc(F)cc3)n2)C1. The fourth-order valence-electron chi connectivity index (χ4n) is 3.29. The number of carboxylic acid groups (broad SMARTS) is 1. The molecule has 2 heterocycles. The van der Waals surface area contributed by atoms with Gasteiger partial charge in [-0.1, -0.05) is 12.1 Å². The maximum atomic E-state index is 13.0. The van der Waals surface area contributed by atoms with E-state index >= 15 is 0 Å². The third-order valence-corrected chi connectivity index (χ3v) is 5.54. The summed E-state index contributed by atoms with van der Waals surface area (Å²) in [5.41, 5.74) is 1.62. The number of benzene rings is 1. The fraction of sp³-hybridized carbons (Fsp3) is 0.421. The molecule has 27 heavy (non-hydrogen) atoms. The van der Waals surface area contributed by atoms with E-state index in [4.69, 9.17) is 9.84 Å². The Kier molecular flexibility index (Phi) is 6.18. The molecule has 2 atom stereocenters. The molecule has 3 rings (SSSR count). The number of carbonyl (C=O) groups is 2. The van der Waals surface area contributed by atoms with Gasteiger partial charge in [0.2, 0.25) is 5.91 Å². The minimum atomic E-state index is -0.926. The van der Waals surface area contributed by atoms with Gasteiger partial charge in [-0.15, -0.1) is 11.3 Å². The highest BCUT2D eigenvalue weighted by molar-refractivity contribution is 7.09. The van der Waals surface area contributed by atoms with Crippen molar-refractivity contribution in [2.24, 2.45) is 0 Å². The Balaban J connectivity index is 1.62. The molecule has 0 bridgehead atoms. The number of nitrogens with zero attached hydrogens (tertiary/aromatic N) is 2. The summed E-state index contributed by atoms with van der Waals surface area (Å²) in [6, 6.07) is 5.91. The number of halogens is 1. The van der Waals surface area contributed by atoms with Gasteiger partial charge in [0.25, 0.3) is 0 Å². The van der Waals surface area contributed by atoms with Gasteiger partial charge in [-0.05, 0) is 24.1 Å². The largest absolute Gasteiger partial charge is 0.481 e. The number of hydrogen-bond donors (Lipinski definition) is 1. The van der Waals surface area contributed by atoms with Gasteiger partial charge in [0.15, 0.2) is 0 Å². The highest BCUT2D eigenvalue weighted by Gasteiger charge is 2.36. The number of carboxylic acids is 1. The van der Waals surface area contributed by atoms with Gasteiger partial charge in [0.1, 0.15) is 5.82 Å². The van der Waals surface area contributed by atoms with Crippen molar-refractivity contribution in [3.8, 4) is 0 Å². The Bertz CT molecular complexity index is 808. The molecule has 8 heteroatoms. The van der Waals surface area contributed by atoms with Gasteiger partial charge in [-0.25, -0.2) is 9.37 Å². The van der Waals surface area contributed by atoms with E-state index in [-0.39, 0.29) is 36.7 Å². The first-order chi connectivity index (χ1) is 12.9. The van der Waals surface area contributed by atoms with Crippen LogP contribution in [0.5, 0.6) is 0 Å². The molecule has 2 unspecified atom stereocenters. The Morgan fingerprint density at radius 1 is 1.37 bits per heavy atom. The molecular weight excluding hydrogens is 371 g/mol. The van der Waals surface area contributed by atoms with Crippen molar-refractivity contribution < 1.29 is 23.8 Å². The lowest BCUT2D eigenvalue weighted by Crippen LogP contribution is -2.38. The molecule has 1 aliphatic heterocycles. The van der Waals surface area contributed by atoms with E-state index in [0.717, 1.165) is 10.6 Å². The minimum absolute atomic E-state index is 0.0848. The third kappa shape index (κ3) is 5.11. The lowest BCUT2D eigenvalue weighted by Gasteiger charge is -2.22. The van der Waals surface area contributed by atoms with Crippen LogP contribution in [-0.4, -0.2) is 52.7 Å². The molecule has 0 saturated carbocycles. The molecule has 1 aromatic carbocycles. The average molecular weight is 392 g/mol. The zero-order valence-electron chi connectivity index (χ0n) is 14.9. The van der Waals surface area contributed by atoms with Crippen LogP contribution in [0.25, 0.3) is 0 Å². The molecular formula is C19H21FN2O4S. The molecule has 144 valence electrons. The maximum Gasteiger partial charge on any atom is 0.305 e. The number of aromatic nitrogens is 1. The van der Waals surface area contributed by atoms with Gasteiger partial charge in [-0.2, -0.15) is 0 Å². The normalized spacial score (nSPS) is 19.4. The Morgan fingerprint density at radius 3 is 2.78 bits per heavy atom. The lowest BCUT2D eigenvalue weighted by atomic mass is 10.1. The number of ether oxygens (including phenoxy) is 1. The summed E-state index contributed by atoms with van der Waals surface area (Å²) in [5.74, 6) is -1.34. The van der Waals surface area contributed by atoms with Crippen molar-refractivity contribution in [3.63, 3.8) is 0 Å². The van der Waals surface area contributed by atoms with Gasteiger partial charge in [-0.3, -0.25) is 9.59 Å². The first-order valence-corrected chi connectivity index (χ1v) is 9.54. The molecule has 2 aromatic rings. The number of carbonyl (C=O) groups excluding carboxylic acids is 1. The van der Waals surface area contributed by atoms with Crippen LogP contribution >= 0.6 is 11.3 Å². The summed E-state index contributed by atoms with van der Waals surface area (Å²) >= 11 is 1.46. The number of aliphatic carboxylic acids is 1. The van der Waals surface area contributed by atoms with Crippen LogP contribution in [-0.2, 0) is 27.2 Å². The van der Waals surface area contributed by atoms with Crippen molar-refractivity contribution in [1.82, 2.24) is 9.88 Å². The van der Waals surface area contributed by atoms with E-state index in [0.29, 0.717) is 25.1 Å². The molecule has 6 nitrogen and oxygen atoms in total. The zero-order chi connectivity index (χ0) is 19.4. The summed E-state index contributed by atoms with van der Waals surface area (Å²) in [6.07, 6.45) is 1.02. The first kappa shape index (κ1) is 19.4. The van der Waals surface area contributed by atoms with Gasteiger partial charge >= 0.3 is 5.97 Å². The number of likely N-dealkylation sites (tertiary alicyclic amines) is 1. The third-order valence-electron chi connectivity index (χ3n) is 4.64. The Hall–Kier alpha value is -2.32. The molecule has 0 radical (unpaired) electrons. The Labute approximate surface area is 160 Å². The van der Waals surface area contributed by atoms with Gasteiger partial charge < -0.3 is 14.7 Å². The molecule has 1 N–H and O–H groups in total. The van der Waals surface area contributed by atoms with Gasteiger partial charge in [0.05, 0.1) is 29.6 Å². The molecule has 1 aliphatic rings. The number of thiazole rings is 1. The monoisotopic (exact) mass is 392 g/mol. The predicted molar refractivity (Wildman–Crippen MR) is 98.2 cm³/mol. The second-order valence-electron chi connectivity index (χ2n) is 6.60. The second kappa shape index (κ2) is 8.58. The summed E-state index contributed by atoms with van der Waals surface area (Å²) in [5, 5.41) is 11.8. The van der Waals surface area contributed by atoms with Crippen LogP contribution in [0.2, 0.25) is 0 Å². The van der Waals surface area contributed by atoms with E-state index in [1.54, 1.807) is 24.1 Å². The number of hydrogen-bond acceptors (Lipinski definition) is 5. The fourth-order valence-corrected chi connectivity index (χ4v) is 4.12.